The average Bonchev–Trinajstić information content (AvgIpc) is 3.38. The molecule has 9 heteroatoms. The molecule has 0 saturated carbocycles. The molecule has 32 heavy (non-hydrogen) atoms. The van der Waals surface area contributed by atoms with Crippen molar-refractivity contribution >= 4 is 29.2 Å². The molecule has 2 heterocycles. The fourth-order valence-corrected chi connectivity index (χ4v) is 3.47. The van der Waals surface area contributed by atoms with E-state index in [1.165, 1.54) is 30.4 Å². The molecule has 1 fully saturated rings. The highest BCUT2D eigenvalue weighted by atomic mass is 19.1. The first-order chi connectivity index (χ1) is 15.5. The maximum atomic E-state index is 13.3. The molecular weight excluding hydrogens is 417 g/mol. The molecule has 2 aromatic carbocycles. The Kier molecular flexibility index (Phi) is 5.89. The maximum Gasteiger partial charge on any atom is 0.332 e. The Morgan fingerprint density at radius 2 is 1.81 bits per heavy atom. The van der Waals surface area contributed by atoms with Crippen molar-refractivity contribution in [1.82, 2.24) is 4.90 Å². The number of methoxy groups -OCH3 is 1. The number of rotatable bonds is 7. The van der Waals surface area contributed by atoms with E-state index in [-0.39, 0.29) is 18.7 Å². The number of nitrogens with zero attached hydrogens (tertiary/aromatic N) is 2. The lowest BCUT2D eigenvalue weighted by molar-refractivity contribution is -0.124. The van der Waals surface area contributed by atoms with Crippen LogP contribution >= 0.6 is 0 Å². The van der Waals surface area contributed by atoms with Crippen LogP contribution in [-0.2, 0) is 16.1 Å². The van der Waals surface area contributed by atoms with Crippen LogP contribution < -0.4 is 15.0 Å². The number of anilines is 2. The second-order valence-electron chi connectivity index (χ2n) is 7.14. The van der Waals surface area contributed by atoms with Gasteiger partial charge in [-0.3, -0.25) is 9.59 Å². The molecule has 0 radical (unpaired) electrons. The Morgan fingerprint density at radius 1 is 1.09 bits per heavy atom. The van der Waals surface area contributed by atoms with Gasteiger partial charge in [0, 0.05) is 5.69 Å². The number of amides is 4. The number of furan rings is 1. The predicted molar refractivity (Wildman–Crippen MR) is 114 cm³/mol. The number of hydrogen-bond donors (Lipinski definition) is 1. The molecule has 1 aliphatic rings. The zero-order valence-corrected chi connectivity index (χ0v) is 17.2. The lowest BCUT2D eigenvalue weighted by Gasteiger charge is -2.20. The molecule has 0 unspecified atom stereocenters. The predicted octanol–water partition coefficient (Wildman–Crippen LogP) is 3.79. The van der Waals surface area contributed by atoms with E-state index in [1.54, 1.807) is 36.4 Å². The van der Waals surface area contributed by atoms with Gasteiger partial charge in [0.05, 0.1) is 32.0 Å². The zero-order chi connectivity index (χ0) is 22.7. The van der Waals surface area contributed by atoms with Gasteiger partial charge in [0.15, 0.2) is 0 Å². The average molecular weight is 437 g/mol. The van der Waals surface area contributed by atoms with Gasteiger partial charge in [0.1, 0.15) is 23.4 Å². The summed E-state index contributed by atoms with van der Waals surface area (Å²) in [6, 6.07) is 13.4. The molecule has 0 spiro atoms. The first-order valence-electron chi connectivity index (χ1n) is 9.82. The molecular formula is C23H20FN3O5. The maximum absolute atomic E-state index is 13.3. The van der Waals surface area contributed by atoms with Crippen molar-refractivity contribution in [3.63, 3.8) is 0 Å². The Morgan fingerprint density at radius 3 is 2.44 bits per heavy atom. The minimum absolute atomic E-state index is 0.00967. The Labute approximate surface area is 183 Å². The van der Waals surface area contributed by atoms with E-state index >= 15 is 0 Å². The van der Waals surface area contributed by atoms with Gasteiger partial charge in [-0.1, -0.05) is 0 Å². The Balaban J connectivity index is 1.56. The number of halogens is 1. The van der Waals surface area contributed by atoms with Gasteiger partial charge in [-0.2, -0.15) is 0 Å². The molecule has 4 amide bonds. The first kappa shape index (κ1) is 21.1. The number of imide groups is 1. The SMILES string of the molecule is COc1ccc(NC(=O)C[C@@H]2C(=O)N(c3ccc(F)cc3)C(=O)N2Cc2ccco2)cc1. The third-order valence-corrected chi connectivity index (χ3v) is 5.06. The molecule has 8 nitrogen and oxygen atoms in total. The van der Waals surface area contributed by atoms with E-state index in [0.717, 1.165) is 17.0 Å². The smallest absolute Gasteiger partial charge is 0.332 e. The molecule has 1 aliphatic heterocycles. The van der Waals surface area contributed by atoms with E-state index in [2.05, 4.69) is 5.32 Å². The van der Waals surface area contributed by atoms with Crippen LogP contribution in [0.1, 0.15) is 12.2 Å². The normalized spacial score (nSPS) is 15.9. The van der Waals surface area contributed by atoms with Crippen molar-refractivity contribution in [2.45, 2.75) is 19.0 Å². The van der Waals surface area contributed by atoms with Crippen LogP contribution in [0.15, 0.2) is 71.3 Å². The van der Waals surface area contributed by atoms with Crippen molar-refractivity contribution in [2.24, 2.45) is 0 Å². The van der Waals surface area contributed by atoms with Gasteiger partial charge in [0.25, 0.3) is 5.91 Å². The van der Waals surface area contributed by atoms with Gasteiger partial charge in [0.2, 0.25) is 5.91 Å². The molecule has 0 aliphatic carbocycles. The third-order valence-electron chi connectivity index (χ3n) is 5.06. The summed E-state index contributed by atoms with van der Waals surface area (Å²) < 4.78 is 23.7. The quantitative estimate of drug-likeness (QED) is 0.568. The summed E-state index contributed by atoms with van der Waals surface area (Å²) in [6.45, 7) is 0.00967. The van der Waals surface area contributed by atoms with Crippen molar-refractivity contribution < 1.29 is 27.9 Å². The number of hydrogen-bond acceptors (Lipinski definition) is 5. The molecule has 164 valence electrons. The van der Waals surface area contributed by atoms with E-state index in [4.69, 9.17) is 9.15 Å². The zero-order valence-electron chi connectivity index (χ0n) is 17.2. The number of carbonyl (C=O) groups excluding carboxylic acids is 3. The number of carbonyl (C=O) groups is 3. The standard InChI is InChI=1S/C23H20FN3O5/c1-31-18-10-6-16(7-11-18)25-21(28)13-20-22(29)27(17-8-4-15(24)5-9-17)23(30)26(20)14-19-3-2-12-32-19/h2-12,20H,13-14H2,1H3,(H,25,28)/t20-/m1/s1. The van der Waals surface area contributed by atoms with Crippen LogP contribution in [0, 0.1) is 5.82 Å². The Bertz CT molecular complexity index is 1110. The van der Waals surface area contributed by atoms with E-state index < -0.39 is 29.7 Å². The highest BCUT2D eigenvalue weighted by Crippen LogP contribution is 2.29. The fourth-order valence-electron chi connectivity index (χ4n) is 3.47. The molecule has 1 N–H and O–H groups in total. The molecule has 1 saturated heterocycles. The van der Waals surface area contributed by atoms with Crippen LogP contribution in [0.2, 0.25) is 0 Å². The third kappa shape index (κ3) is 4.31. The summed E-state index contributed by atoms with van der Waals surface area (Å²) in [5, 5.41) is 2.72. The van der Waals surface area contributed by atoms with Crippen LogP contribution in [0.3, 0.4) is 0 Å². The second kappa shape index (κ2) is 8.93. The van der Waals surface area contributed by atoms with Gasteiger partial charge < -0.3 is 19.4 Å². The van der Waals surface area contributed by atoms with Gasteiger partial charge in [-0.25, -0.2) is 14.1 Å². The van der Waals surface area contributed by atoms with E-state index in [0.29, 0.717) is 17.2 Å². The summed E-state index contributed by atoms with van der Waals surface area (Å²) in [5.41, 5.74) is 0.754. The van der Waals surface area contributed by atoms with Gasteiger partial charge in [-0.15, -0.1) is 0 Å². The van der Waals surface area contributed by atoms with Crippen molar-refractivity contribution in [2.75, 3.05) is 17.3 Å². The summed E-state index contributed by atoms with van der Waals surface area (Å²) in [4.78, 5) is 41.2. The van der Waals surface area contributed by atoms with Crippen LogP contribution in [0.4, 0.5) is 20.6 Å². The summed E-state index contributed by atoms with van der Waals surface area (Å²) in [7, 11) is 1.54. The fraction of sp³-hybridized carbons (Fsp3) is 0.174. The lowest BCUT2D eigenvalue weighted by atomic mass is 10.1. The van der Waals surface area contributed by atoms with Crippen LogP contribution in [-0.4, -0.2) is 35.9 Å². The Hall–Kier alpha value is -4.14. The minimum atomic E-state index is -1.05. The van der Waals surface area contributed by atoms with Gasteiger partial charge in [-0.05, 0) is 60.7 Å². The van der Waals surface area contributed by atoms with Crippen molar-refractivity contribution in [3.05, 3.63) is 78.5 Å². The first-order valence-corrected chi connectivity index (χ1v) is 9.82. The molecule has 4 rings (SSSR count). The lowest BCUT2D eigenvalue weighted by Crippen LogP contribution is -2.37. The molecule has 3 aromatic rings. The number of ether oxygens (including phenoxy) is 1. The van der Waals surface area contributed by atoms with E-state index in [1.807, 2.05) is 0 Å². The van der Waals surface area contributed by atoms with Crippen LogP contribution in [0.25, 0.3) is 0 Å². The van der Waals surface area contributed by atoms with Crippen molar-refractivity contribution in [3.8, 4) is 5.75 Å². The summed E-state index contributed by atoms with van der Waals surface area (Å²) >= 11 is 0. The topological polar surface area (TPSA) is 92.1 Å². The van der Waals surface area contributed by atoms with E-state index in [9.17, 15) is 18.8 Å². The van der Waals surface area contributed by atoms with Crippen LogP contribution in [0.5, 0.6) is 5.75 Å². The minimum Gasteiger partial charge on any atom is -0.497 e. The van der Waals surface area contributed by atoms with Gasteiger partial charge >= 0.3 is 6.03 Å². The number of urea groups is 1. The molecule has 0 bridgehead atoms. The van der Waals surface area contributed by atoms with Crippen molar-refractivity contribution in [1.29, 1.82) is 0 Å². The highest BCUT2D eigenvalue weighted by molar-refractivity contribution is 6.22. The summed E-state index contributed by atoms with van der Waals surface area (Å²) in [5.74, 6) is -0.396. The number of benzene rings is 2. The largest absolute Gasteiger partial charge is 0.497 e. The summed E-state index contributed by atoms with van der Waals surface area (Å²) in [6.07, 6.45) is 1.20. The second-order valence-corrected chi connectivity index (χ2v) is 7.14. The molecule has 1 atom stereocenters. The molecule has 1 aromatic heterocycles. The highest BCUT2D eigenvalue weighted by Gasteiger charge is 2.47. The monoisotopic (exact) mass is 437 g/mol. The number of nitrogens with one attached hydrogen (secondary N) is 1.